The number of ether oxygens (including phenoxy) is 1. The van der Waals surface area contributed by atoms with E-state index in [1.807, 2.05) is 0 Å². The van der Waals surface area contributed by atoms with Crippen LogP contribution < -0.4 is 10.5 Å². The first-order valence-electron chi connectivity index (χ1n) is 5.31. The summed E-state index contributed by atoms with van der Waals surface area (Å²) in [6.45, 7) is 1.74. The number of hydrogen-bond acceptors (Lipinski definition) is 4. The quantitative estimate of drug-likeness (QED) is 0.714. The van der Waals surface area contributed by atoms with Gasteiger partial charge in [0.15, 0.2) is 0 Å². The minimum atomic E-state index is -1.01. The molecule has 0 aliphatic carbocycles. The van der Waals surface area contributed by atoms with Gasteiger partial charge in [-0.1, -0.05) is 6.07 Å². The average molecular weight is 239 g/mol. The van der Waals surface area contributed by atoms with E-state index < -0.39 is 12.0 Å². The maximum absolute atomic E-state index is 10.6. The van der Waals surface area contributed by atoms with Crippen LogP contribution >= 0.6 is 0 Å². The lowest BCUT2D eigenvalue weighted by Crippen LogP contribution is -2.30. The van der Waals surface area contributed by atoms with Gasteiger partial charge in [-0.3, -0.25) is 4.79 Å². The summed E-state index contributed by atoms with van der Waals surface area (Å²) in [5.41, 5.74) is 6.93. The van der Waals surface area contributed by atoms with Gasteiger partial charge in [0, 0.05) is 5.56 Å². The van der Waals surface area contributed by atoms with E-state index in [0.717, 1.165) is 5.56 Å². The van der Waals surface area contributed by atoms with Crippen LogP contribution in [0.5, 0.6) is 11.5 Å². The molecule has 0 aromatic heterocycles. The lowest BCUT2D eigenvalue weighted by atomic mass is 10.0. The molecule has 0 bridgehead atoms. The molecule has 1 rings (SSSR count). The highest BCUT2D eigenvalue weighted by molar-refractivity contribution is 5.73. The zero-order chi connectivity index (χ0) is 13.0. The first-order valence-corrected chi connectivity index (χ1v) is 5.31. The third-order valence-corrected chi connectivity index (χ3v) is 2.70. The predicted octanol–water partition coefficient (Wildman–Crippen LogP) is 1.05. The van der Waals surface area contributed by atoms with Crippen LogP contribution in [-0.4, -0.2) is 29.3 Å². The molecule has 0 aliphatic heterocycles. The number of nitrogens with two attached hydrogens (primary N) is 1. The van der Waals surface area contributed by atoms with E-state index >= 15 is 0 Å². The maximum atomic E-state index is 10.6. The van der Waals surface area contributed by atoms with E-state index in [2.05, 4.69) is 0 Å². The summed E-state index contributed by atoms with van der Waals surface area (Å²) in [4.78, 5) is 10.6. The Kier molecular flexibility index (Phi) is 4.34. The van der Waals surface area contributed by atoms with Crippen molar-refractivity contribution in [3.8, 4) is 11.5 Å². The van der Waals surface area contributed by atoms with Gasteiger partial charge < -0.3 is 20.7 Å². The number of phenolic OH excluding ortho intramolecular Hbond substituents is 1. The number of carboxylic acids is 1. The van der Waals surface area contributed by atoms with Crippen LogP contribution in [0.3, 0.4) is 0 Å². The van der Waals surface area contributed by atoms with Gasteiger partial charge in [0.2, 0.25) is 0 Å². The third kappa shape index (κ3) is 3.10. The van der Waals surface area contributed by atoms with Gasteiger partial charge in [-0.05, 0) is 31.4 Å². The topological polar surface area (TPSA) is 92.8 Å². The molecular formula is C12H17NO4. The van der Waals surface area contributed by atoms with Crippen molar-refractivity contribution in [1.82, 2.24) is 0 Å². The SMILES string of the molecule is COc1c(CCC(N)C(=O)O)ccc(O)c1C. The van der Waals surface area contributed by atoms with E-state index in [4.69, 9.17) is 15.6 Å². The smallest absolute Gasteiger partial charge is 0.320 e. The largest absolute Gasteiger partial charge is 0.508 e. The van der Waals surface area contributed by atoms with Gasteiger partial charge in [-0.2, -0.15) is 0 Å². The standard InChI is InChI=1S/C12H17NO4/c1-7-10(14)6-4-8(11(7)17-2)3-5-9(13)12(15)16/h4,6,9,14H,3,5,13H2,1-2H3,(H,15,16). The van der Waals surface area contributed by atoms with Gasteiger partial charge in [-0.25, -0.2) is 0 Å². The molecule has 5 nitrogen and oxygen atoms in total. The van der Waals surface area contributed by atoms with Gasteiger partial charge in [0.05, 0.1) is 7.11 Å². The molecule has 0 radical (unpaired) electrons. The summed E-state index contributed by atoms with van der Waals surface area (Å²) >= 11 is 0. The first-order chi connectivity index (χ1) is 7.97. The van der Waals surface area contributed by atoms with Crippen molar-refractivity contribution in [2.45, 2.75) is 25.8 Å². The Morgan fingerprint density at radius 3 is 2.71 bits per heavy atom. The Morgan fingerprint density at radius 2 is 2.18 bits per heavy atom. The fourth-order valence-electron chi connectivity index (χ4n) is 1.65. The molecule has 0 heterocycles. The molecule has 94 valence electrons. The molecule has 0 aliphatic rings. The number of aromatic hydroxyl groups is 1. The number of carbonyl (C=O) groups is 1. The summed E-state index contributed by atoms with van der Waals surface area (Å²) < 4.78 is 5.20. The van der Waals surface area contributed by atoms with Gasteiger partial charge >= 0.3 is 5.97 Å². The lowest BCUT2D eigenvalue weighted by Gasteiger charge is -2.13. The Balaban J connectivity index is 2.85. The van der Waals surface area contributed by atoms with E-state index in [1.54, 1.807) is 19.1 Å². The Morgan fingerprint density at radius 1 is 1.53 bits per heavy atom. The van der Waals surface area contributed by atoms with Crippen LogP contribution in [0.15, 0.2) is 12.1 Å². The monoisotopic (exact) mass is 239 g/mol. The predicted molar refractivity (Wildman–Crippen MR) is 63.3 cm³/mol. The normalized spacial score (nSPS) is 12.2. The summed E-state index contributed by atoms with van der Waals surface area (Å²) in [5, 5.41) is 18.2. The second-order valence-corrected chi connectivity index (χ2v) is 3.89. The molecule has 4 N–H and O–H groups in total. The number of benzene rings is 1. The van der Waals surface area contributed by atoms with Crippen LogP contribution in [0.4, 0.5) is 0 Å². The molecule has 1 unspecified atom stereocenters. The molecule has 0 saturated heterocycles. The highest BCUT2D eigenvalue weighted by atomic mass is 16.5. The van der Waals surface area contributed by atoms with E-state index in [0.29, 0.717) is 24.2 Å². The summed E-state index contributed by atoms with van der Waals surface area (Å²) in [6, 6.07) is 2.41. The van der Waals surface area contributed by atoms with Crippen molar-refractivity contribution in [2.24, 2.45) is 5.73 Å². The van der Waals surface area contributed by atoms with Crippen LogP contribution in [0.25, 0.3) is 0 Å². The minimum Gasteiger partial charge on any atom is -0.508 e. The number of rotatable bonds is 5. The highest BCUT2D eigenvalue weighted by Gasteiger charge is 2.14. The summed E-state index contributed by atoms with van der Waals surface area (Å²) in [6.07, 6.45) is 0.827. The van der Waals surface area contributed by atoms with Gasteiger partial charge in [0.25, 0.3) is 0 Å². The average Bonchev–Trinajstić information content (AvgIpc) is 2.30. The molecule has 17 heavy (non-hydrogen) atoms. The molecule has 5 heteroatoms. The number of aryl methyl sites for hydroxylation is 1. The second kappa shape index (κ2) is 5.54. The Hall–Kier alpha value is -1.75. The number of phenols is 1. The summed E-state index contributed by atoms with van der Waals surface area (Å²) in [5.74, 6) is -0.268. The van der Waals surface area contributed by atoms with Crippen LogP contribution in [0, 0.1) is 6.92 Å². The number of aliphatic carboxylic acids is 1. The zero-order valence-electron chi connectivity index (χ0n) is 9.93. The molecule has 1 aromatic rings. The van der Waals surface area contributed by atoms with Crippen LogP contribution in [-0.2, 0) is 11.2 Å². The maximum Gasteiger partial charge on any atom is 0.320 e. The van der Waals surface area contributed by atoms with Crippen LogP contribution in [0.2, 0.25) is 0 Å². The van der Waals surface area contributed by atoms with Crippen molar-refractivity contribution < 1.29 is 19.7 Å². The zero-order valence-corrected chi connectivity index (χ0v) is 9.93. The minimum absolute atomic E-state index is 0.160. The van der Waals surface area contributed by atoms with E-state index in [1.165, 1.54) is 7.11 Å². The van der Waals surface area contributed by atoms with Crippen molar-refractivity contribution >= 4 is 5.97 Å². The van der Waals surface area contributed by atoms with Crippen molar-refractivity contribution in [3.63, 3.8) is 0 Å². The lowest BCUT2D eigenvalue weighted by molar-refractivity contribution is -0.138. The Labute approximate surface area is 99.8 Å². The van der Waals surface area contributed by atoms with Crippen LogP contribution in [0.1, 0.15) is 17.5 Å². The Bertz CT molecular complexity index is 417. The molecule has 0 spiro atoms. The molecular weight excluding hydrogens is 222 g/mol. The molecule has 1 atom stereocenters. The number of hydrogen-bond donors (Lipinski definition) is 3. The molecule has 0 saturated carbocycles. The molecule has 0 fully saturated rings. The molecule has 0 amide bonds. The highest BCUT2D eigenvalue weighted by Crippen LogP contribution is 2.31. The van der Waals surface area contributed by atoms with Crippen molar-refractivity contribution in [3.05, 3.63) is 23.3 Å². The third-order valence-electron chi connectivity index (χ3n) is 2.70. The van der Waals surface area contributed by atoms with E-state index in [-0.39, 0.29) is 5.75 Å². The number of methoxy groups -OCH3 is 1. The summed E-state index contributed by atoms with van der Waals surface area (Å²) in [7, 11) is 1.52. The van der Waals surface area contributed by atoms with Gasteiger partial charge in [0.1, 0.15) is 17.5 Å². The molecule has 1 aromatic carbocycles. The van der Waals surface area contributed by atoms with Crippen molar-refractivity contribution in [1.29, 1.82) is 0 Å². The fourth-order valence-corrected chi connectivity index (χ4v) is 1.65. The number of carboxylic acid groups (broad SMARTS) is 1. The van der Waals surface area contributed by atoms with E-state index in [9.17, 15) is 9.90 Å². The first kappa shape index (κ1) is 13.3. The van der Waals surface area contributed by atoms with Crippen molar-refractivity contribution in [2.75, 3.05) is 7.11 Å². The fraction of sp³-hybridized carbons (Fsp3) is 0.417. The second-order valence-electron chi connectivity index (χ2n) is 3.89. The van der Waals surface area contributed by atoms with Gasteiger partial charge in [-0.15, -0.1) is 0 Å².